The van der Waals surface area contributed by atoms with Gasteiger partial charge in [-0.3, -0.25) is 0 Å². The van der Waals surface area contributed by atoms with Gasteiger partial charge in [0.15, 0.2) is 0 Å². The van der Waals surface area contributed by atoms with Gasteiger partial charge in [0.2, 0.25) is 0 Å². The molecule has 0 bridgehead atoms. The molecule has 2 nitrogen and oxygen atoms in total. The van der Waals surface area contributed by atoms with Crippen molar-refractivity contribution in [2.45, 2.75) is 31.9 Å². The minimum absolute atomic E-state index is 0.275. The van der Waals surface area contributed by atoms with Crippen LogP contribution in [0.2, 0.25) is 0 Å². The van der Waals surface area contributed by atoms with Crippen molar-refractivity contribution in [3.63, 3.8) is 0 Å². The summed E-state index contributed by atoms with van der Waals surface area (Å²) in [6.45, 7) is 3.00. The molecule has 1 N–H and O–H groups in total. The second-order valence-corrected chi connectivity index (χ2v) is 5.51. The molecule has 3 rings (SSSR count). The normalized spacial score (nSPS) is 22.4. The summed E-state index contributed by atoms with van der Waals surface area (Å²) in [5.41, 5.74) is 2.62. The fourth-order valence-corrected chi connectivity index (χ4v) is 2.78. The highest BCUT2D eigenvalue weighted by molar-refractivity contribution is 5.27. The second kappa shape index (κ2) is 6.10. The van der Waals surface area contributed by atoms with Gasteiger partial charge in [-0.05, 0) is 43.0 Å². The molecule has 0 amide bonds. The minimum atomic E-state index is 0.275. The van der Waals surface area contributed by atoms with Crippen molar-refractivity contribution in [1.82, 2.24) is 5.32 Å². The largest absolute Gasteiger partial charge is 0.489 e. The zero-order valence-electron chi connectivity index (χ0n) is 11.9. The quantitative estimate of drug-likeness (QED) is 0.911. The average Bonchev–Trinajstić information content (AvgIpc) is 2.49. The maximum atomic E-state index is 6.06. The third-order valence-corrected chi connectivity index (χ3v) is 3.86. The third kappa shape index (κ3) is 3.20. The molecular formula is C18H21NO. The summed E-state index contributed by atoms with van der Waals surface area (Å²) in [6.07, 6.45) is 2.50. The van der Waals surface area contributed by atoms with Crippen LogP contribution in [0, 0.1) is 6.92 Å². The number of nitrogens with one attached hydrogen (secondary N) is 1. The van der Waals surface area contributed by atoms with Gasteiger partial charge in [-0.15, -0.1) is 0 Å². The van der Waals surface area contributed by atoms with Crippen molar-refractivity contribution >= 4 is 0 Å². The zero-order valence-corrected chi connectivity index (χ0v) is 11.9. The summed E-state index contributed by atoms with van der Waals surface area (Å²) in [5.74, 6) is 0.981. The smallest absolute Gasteiger partial charge is 0.120 e. The molecule has 0 saturated carbocycles. The summed E-state index contributed by atoms with van der Waals surface area (Å²) in [7, 11) is 0. The van der Waals surface area contributed by atoms with Crippen LogP contribution in [0.25, 0.3) is 0 Å². The van der Waals surface area contributed by atoms with Crippen LogP contribution >= 0.6 is 0 Å². The van der Waals surface area contributed by atoms with E-state index in [0.29, 0.717) is 6.04 Å². The van der Waals surface area contributed by atoms with Crippen LogP contribution in [0.3, 0.4) is 0 Å². The van der Waals surface area contributed by atoms with Crippen LogP contribution < -0.4 is 10.1 Å². The Labute approximate surface area is 120 Å². The van der Waals surface area contributed by atoms with Gasteiger partial charge in [-0.2, -0.15) is 0 Å². The number of rotatable bonds is 3. The average molecular weight is 267 g/mol. The first-order chi connectivity index (χ1) is 9.81. The Morgan fingerprint density at radius 1 is 1.00 bits per heavy atom. The lowest BCUT2D eigenvalue weighted by Crippen LogP contribution is -2.39. The Morgan fingerprint density at radius 2 is 1.85 bits per heavy atom. The van der Waals surface area contributed by atoms with E-state index < -0.39 is 0 Å². The number of hydrogen-bond donors (Lipinski definition) is 1. The molecule has 1 heterocycles. The molecule has 0 aliphatic carbocycles. The molecule has 1 saturated heterocycles. The van der Waals surface area contributed by atoms with E-state index in [1.807, 2.05) is 12.1 Å². The summed E-state index contributed by atoms with van der Waals surface area (Å²) in [4.78, 5) is 0. The summed E-state index contributed by atoms with van der Waals surface area (Å²) in [5, 5.41) is 3.60. The lowest BCUT2D eigenvalue weighted by Gasteiger charge is -2.30. The highest BCUT2D eigenvalue weighted by atomic mass is 16.5. The SMILES string of the molecule is Cc1cccc(OC2CCC(c3ccccc3)NC2)c1. The highest BCUT2D eigenvalue weighted by Gasteiger charge is 2.22. The van der Waals surface area contributed by atoms with Crippen LogP contribution in [-0.2, 0) is 0 Å². The van der Waals surface area contributed by atoms with Crippen molar-refractivity contribution in [3.05, 3.63) is 65.7 Å². The van der Waals surface area contributed by atoms with E-state index in [2.05, 4.69) is 54.7 Å². The van der Waals surface area contributed by atoms with E-state index in [9.17, 15) is 0 Å². The molecule has 2 atom stereocenters. The number of ether oxygens (including phenoxy) is 1. The summed E-state index contributed by atoms with van der Waals surface area (Å²) >= 11 is 0. The summed E-state index contributed by atoms with van der Waals surface area (Å²) < 4.78 is 6.06. The molecule has 1 aliphatic rings. The van der Waals surface area contributed by atoms with E-state index >= 15 is 0 Å². The Hall–Kier alpha value is -1.80. The predicted molar refractivity (Wildman–Crippen MR) is 82.0 cm³/mol. The van der Waals surface area contributed by atoms with Gasteiger partial charge in [0.25, 0.3) is 0 Å². The minimum Gasteiger partial charge on any atom is -0.489 e. The van der Waals surface area contributed by atoms with Crippen molar-refractivity contribution in [2.75, 3.05) is 6.54 Å². The van der Waals surface area contributed by atoms with Crippen LogP contribution in [-0.4, -0.2) is 12.6 Å². The second-order valence-electron chi connectivity index (χ2n) is 5.51. The molecule has 2 aromatic carbocycles. The first-order valence-electron chi connectivity index (χ1n) is 7.33. The fraction of sp³-hybridized carbons (Fsp3) is 0.333. The number of hydrogen-bond acceptors (Lipinski definition) is 2. The third-order valence-electron chi connectivity index (χ3n) is 3.86. The zero-order chi connectivity index (χ0) is 13.8. The van der Waals surface area contributed by atoms with Gasteiger partial charge in [-0.1, -0.05) is 42.5 Å². The van der Waals surface area contributed by atoms with Crippen molar-refractivity contribution < 1.29 is 4.74 Å². The lowest BCUT2D eigenvalue weighted by atomic mass is 9.96. The number of aryl methyl sites for hydroxylation is 1. The van der Waals surface area contributed by atoms with Crippen molar-refractivity contribution in [1.29, 1.82) is 0 Å². The molecule has 20 heavy (non-hydrogen) atoms. The molecule has 2 heteroatoms. The molecule has 0 radical (unpaired) electrons. The van der Waals surface area contributed by atoms with Crippen LogP contribution in [0.5, 0.6) is 5.75 Å². The predicted octanol–water partition coefficient (Wildman–Crippen LogP) is 3.87. The Bertz CT molecular complexity index is 544. The Morgan fingerprint density at radius 3 is 2.55 bits per heavy atom. The monoisotopic (exact) mass is 267 g/mol. The van der Waals surface area contributed by atoms with Gasteiger partial charge in [0.1, 0.15) is 11.9 Å². The highest BCUT2D eigenvalue weighted by Crippen LogP contribution is 2.25. The molecule has 1 aliphatic heterocycles. The molecular weight excluding hydrogens is 246 g/mol. The Kier molecular flexibility index (Phi) is 4.03. The van der Waals surface area contributed by atoms with Crippen LogP contribution in [0.15, 0.2) is 54.6 Å². The maximum Gasteiger partial charge on any atom is 0.120 e. The molecule has 2 aromatic rings. The van der Waals surface area contributed by atoms with Gasteiger partial charge >= 0.3 is 0 Å². The Balaban J connectivity index is 1.56. The fourth-order valence-electron chi connectivity index (χ4n) is 2.78. The van der Waals surface area contributed by atoms with E-state index in [1.54, 1.807) is 0 Å². The number of piperidine rings is 1. The van der Waals surface area contributed by atoms with Gasteiger partial charge in [-0.25, -0.2) is 0 Å². The van der Waals surface area contributed by atoms with E-state index in [1.165, 1.54) is 11.1 Å². The van der Waals surface area contributed by atoms with Gasteiger partial charge in [0, 0.05) is 12.6 Å². The number of benzene rings is 2. The van der Waals surface area contributed by atoms with Gasteiger partial charge in [0.05, 0.1) is 0 Å². The van der Waals surface area contributed by atoms with Crippen LogP contribution in [0.1, 0.15) is 30.0 Å². The van der Waals surface area contributed by atoms with Crippen molar-refractivity contribution in [2.24, 2.45) is 0 Å². The van der Waals surface area contributed by atoms with Crippen molar-refractivity contribution in [3.8, 4) is 5.75 Å². The van der Waals surface area contributed by atoms with Gasteiger partial charge < -0.3 is 10.1 Å². The topological polar surface area (TPSA) is 21.3 Å². The maximum absolute atomic E-state index is 6.06. The van der Waals surface area contributed by atoms with E-state index in [-0.39, 0.29) is 6.10 Å². The first-order valence-corrected chi connectivity index (χ1v) is 7.33. The molecule has 2 unspecified atom stereocenters. The molecule has 0 spiro atoms. The summed E-state index contributed by atoms with van der Waals surface area (Å²) in [6, 6.07) is 19.4. The van der Waals surface area contributed by atoms with E-state index in [4.69, 9.17) is 4.74 Å². The standard InChI is InChI=1S/C18H21NO/c1-14-6-5-9-16(12-14)20-17-10-11-18(19-13-17)15-7-3-2-4-8-15/h2-9,12,17-19H,10-11,13H2,1H3. The molecule has 104 valence electrons. The molecule has 1 fully saturated rings. The van der Waals surface area contributed by atoms with Crippen LogP contribution in [0.4, 0.5) is 0 Å². The lowest BCUT2D eigenvalue weighted by molar-refractivity contribution is 0.149. The molecule has 0 aromatic heterocycles. The first kappa shape index (κ1) is 13.2. The van der Waals surface area contributed by atoms with E-state index in [0.717, 1.165) is 25.1 Å².